The molecule has 1 N–H and O–H groups in total. The molecule has 5 atom stereocenters. The molecule has 0 aromatic rings. The van der Waals surface area contributed by atoms with Crippen molar-refractivity contribution in [3.8, 4) is 0 Å². The summed E-state index contributed by atoms with van der Waals surface area (Å²) < 4.78 is 23.8. The number of hydrogen-bond acceptors (Lipinski definition) is 5. The van der Waals surface area contributed by atoms with E-state index in [1.807, 2.05) is 6.92 Å². The van der Waals surface area contributed by atoms with Crippen LogP contribution in [0.25, 0.3) is 0 Å². The molecule has 3 fully saturated rings. The molecule has 2 heterocycles. The van der Waals surface area contributed by atoms with Gasteiger partial charge in [0, 0.05) is 20.1 Å². The summed E-state index contributed by atoms with van der Waals surface area (Å²) in [5.41, 5.74) is -0.304. The SMILES string of the molecule is CCCC1C2OC(C)(OC)C(C)(OC)OC2CN(C(=O)O)C12CC2. The van der Waals surface area contributed by atoms with E-state index in [-0.39, 0.29) is 23.7 Å². The van der Waals surface area contributed by atoms with Crippen molar-refractivity contribution in [3.05, 3.63) is 0 Å². The largest absolute Gasteiger partial charge is 0.465 e. The van der Waals surface area contributed by atoms with Crippen LogP contribution in [0.3, 0.4) is 0 Å². The summed E-state index contributed by atoms with van der Waals surface area (Å²) >= 11 is 0. The number of methoxy groups -OCH3 is 2. The molecule has 3 rings (SSSR count). The Hall–Kier alpha value is -0.890. The molecule has 2 aliphatic heterocycles. The van der Waals surface area contributed by atoms with E-state index in [9.17, 15) is 9.90 Å². The van der Waals surface area contributed by atoms with Gasteiger partial charge in [-0.1, -0.05) is 13.3 Å². The number of piperidine rings is 1. The summed E-state index contributed by atoms with van der Waals surface area (Å²) in [4.78, 5) is 13.4. The number of nitrogens with zero attached hydrogens (tertiary/aromatic N) is 1. The average molecular weight is 343 g/mol. The zero-order valence-electron chi connectivity index (χ0n) is 15.2. The molecule has 0 aromatic carbocycles. The van der Waals surface area contributed by atoms with Gasteiger partial charge in [-0.3, -0.25) is 4.90 Å². The molecule has 138 valence electrons. The summed E-state index contributed by atoms with van der Waals surface area (Å²) in [5, 5.41) is 9.70. The van der Waals surface area contributed by atoms with Crippen LogP contribution in [0.4, 0.5) is 4.79 Å². The Kier molecular flexibility index (Phi) is 4.35. The second-order valence-corrected chi connectivity index (χ2v) is 7.43. The molecule has 7 heteroatoms. The molecule has 2 saturated heterocycles. The predicted molar refractivity (Wildman–Crippen MR) is 85.7 cm³/mol. The van der Waals surface area contributed by atoms with Crippen LogP contribution in [-0.2, 0) is 18.9 Å². The monoisotopic (exact) mass is 343 g/mol. The fraction of sp³-hybridized carbons (Fsp3) is 0.941. The Morgan fingerprint density at radius 2 is 1.79 bits per heavy atom. The van der Waals surface area contributed by atoms with Gasteiger partial charge in [0.25, 0.3) is 0 Å². The average Bonchev–Trinajstić information content (AvgIpc) is 3.33. The molecule has 7 nitrogen and oxygen atoms in total. The van der Waals surface area contributed by atoms with Gasteiger partial charge in [-0.25, -0.2) is 4.79 Å². The van der Waals surface area contributed by atoms with Gasteiger partial charge in [0.05, 0.1) is 18.2 Å². The molecule has 0 bridgehead atoms. The molecule has 0 radical (unpaired) electrons. The van der Waals surface area contributed by atoms with Crippen molar-refractivity contribution in [2.45, 2.75) is 75.8 Å². The molecule has 1 amide bonds. The second kappa shape index (κ2) is 5.83. The topological polar surface area (TPSA) is 77.5 Å². The Morgan fingerprint density at radius 1 is 1.21 bits per heavy atom. The molecule has 1 aliphatic carbocycles. The fourth-order valence-electron chi connectivity index (χ4n) is 4.50. The first kappa shape index (κ1) is 17.9. The Balaban J connectivity index is 1.96. The maximum absolute atomic E-state index is 11.8. The first-order chi connectivity index (χ1) is 11.3. The lowest BCUT2D eigenvalue weighted by Gasteiger charge is -2.58. The lowest BCUT2D eigenvalue weighted by atomic mass is 9.78. The van der Waals surface area contributed by atoms with Gasteiger partial charge in [0.2, 0.25) is 11.6 Å². The Morgan fingerprint density at radius 3 is 2.25 bits per heavy atom. The van der Waals surface area contributed by atoms with E-state index in [1.165, 1.54) is 0 Å². The van der Waals surface area contributed by atoms with Crippen LogP contribution in [0.1, 0.15) is 46.5 Å². The van der Waals surface area contributed by atoms with Crippen molar-refractivity contribution < 1.29 is 28.8 Å². The van der Waals surface area contributed by atoms with Crippen LogP contribution >= 0.6 is 0 Å². The minimum atomic E-state index is -1.10. The fourth-order valence-corrected chi connectivity index (χ4v) is 4.50. The quantitative estimate of drug-likeness (QED) is 0.845. The van der Waals surface area contributed by atoms with Crippen molar-refractivity contribution in [3.63, 3.8) is 0 Å². The molecular formula is C17H29NO6. The number of carboxylic acid groups (broad SMARTS) is 1. The van der Waals surface area contributed by atoms with Gasteiger partial charge in [-0.2, -0.15) is 0 Å². The highest BCUT2D eigenvalue weighted by atomic mass is 16.8. The molecular weight excluding hydrogens is 314 g/mol. The zero-order chi connectivity index (χ0) is 17.8. The van der Waals surface area contributed by atoms with E-state index in [4.69, 9.17) is 18.9 Å². The Bertz CT molecular complexity index is 509. The molecule has 24 heavy (non-hydrogen) atoms. The number of ether oxygens (including phenoxy) is 4. The molecule has 3 aliphatic rings. The van der Waals surface area contributed by atoms with Crippen LogP contribution in [0.5, 0.6) is 0 Å². The first-order valence-electron chi connectivity index (χ1n) is 8.73. The summed E-state index contributed by atoms with van der Waals surface area (Å²) in [6, 6.07) is 0. The second-order valence-electron chi connectivity index (χ2n) is 7.43. The lowest BCUT2D eigenvalue weighted by molar-refractivity contribution is -0.458. The van der Waals surface area contributed by atoms with Gasteiger partial charge in [-0.05, 0) is 33.1 Å². The molecule has 0 aromatic heterocycles. The van der Waals surface area contributed by atoms with E-state index in [1.54, 1.807) is 26.0 Å². The third-order valence-corrected chi connectivity index (χ3v) is 6.29. The number of likely N-dealkylation sites (tertiary alicyclic amines) is 1. The van der Waals surface area contributed by atoms with Gasteiger partial charge < -0.3 is 24.1 Å². The third-order valence-electron chi connectivity index (χ3n) is 6.29. The van der Waals surface area contributed by atoms with Gasteiger partial charge in [0.15, 0.2) is 0 Å². The van der Waals surface area contributed by atoms with E-state index >= 15 is 0 Å². The summed E-state index contributed by atoms with van der Waals surface area (Å²) in [6.07, 6.45) is 2.21. The summed E-state index contributed by atoms with van der Waals surface area (Å²) in [5.74, 6) is -2.04. The molecule has 1 saturated carbocycles. The maximum atomic E-state index is 11.8. The zero-order valence-corrected chi connectivity index (χ0v) is 15.2. The lowest BCUT2D eigenvalue weighted by Crippen LogP contribution is -2.72. The van der Waals surface area contributed by atoms with E-state index in [0.29, 0.717) is 6.54 Å². The van der Waals surface area contributed by atoms with Crippen LogP contribution in [0.15, 0.2) is 0 Å². The van der Waals surface area contributed by atoms with Crippen molar-refractivity contribution in [1.29, 1.82) is 0 Å². The van der Waals surface area contributed by atoms with E-state index < -0.39 is 17.7 Å². The van der Waals surface area contributed by atoms with E-state index in [2.05, 4.69) is 6.92 Å². The molecule has 5 unspecified atom stereocenters. The third kappa shape index (κ3) is 2.36. The minimum Gasteiger partial charge on any atom is -0.465 e. The van der Waals surface area contributed by atoms with Gasteiger partial charge >= 0.3 is 6.09 Å². The highest BCUT2D eigenvalue weighted by Gasteiger charge is 2.67. The van der Waals surface area contributed by atoms with Crippen molar-refractivity contribution in [2.24, 2.45) is 5.92 Å². The molecule has 1 spiro atoms. The van der Waals surface area contributed by atoms with Crippen LogP contribution < -0.4 is 0 Å². The minimum absolute atomic E-state index is 0.105. The first-order valence-corrected chi connectivity index (χ1v) is 8.73. The van der Waals surface area contributed by atoms with Crippen LogP contribution in [0, 0.1) is 5.92 Å². The van der Waals surface area contributed by atoms with Crippen molar-refractivity contribution in [2.75, 3.05) is 20.8 Å². The van der Waals surface area contributed by atoms with Crippen molar-refractivity contribution in [1.82, 2.24) is 4.90 Å². The summed E-state index contributed by atoms with van der Waals surface area (Å²) in [6.45, 7) is 6.01. The van der Waals surface area contributed by atoms with Gasteiger partial charge in [-0.15, -0.1) is 0 Å². The van der Waals surface area contributed by atoms with Crippen LogP contribution in [-0.4, -0.2) is 66.2 Å². The highest BCUT2D eigenvalue weighted by molar-refractivity contribution is 5.67. The standard InChI is InChI=1S/C17H29NO6/c1-6-7-11-13-12(10-18(14(19)20)17(11)8-9-17)23-15(2,21-4)16(3,22-5)24-13/h11-13H,6-10H2,1-5H3,(H,19,20). The predicted octanol–water partition coefficient (Wildman–Crippen LogP) is 2.44. The highest BCUT2D eigenvalue weighted by Crippen LogP contribution is 2.57. The van der Waals surface area contributed by atoms with Crippen molar-refractivity contribution >= 4 is 6.09 Å². The maximum Gasteiger partial charge on any atom is 0.407 e. The van der Waals surface area contributed by atoms with Gasteiger partial charge in [0.1, 0.15) is 6.10 Å². The number of rotatable bonds is 4. The Labute approximate surface area is 143 Å². The number of fused-ring (bicyclic) bond motifs is 1. The number of amides is 1. The smallest absolute Gasteiger partial charge is 0.407 e. The van der Waals surface area contributed by atoms with E-state index in [0.717, 1.165) is 25.7 Å². The number of hydrogen-bond donors (Lipinski definition) is 1. The van der Waals surface area contributed by atoms with Crippen LogP contribution in [0.2, 0.25) is 0 Å². The normalized spacial score (nSPS) is 43.5. The summed E-state index contributed by atoms with van der Waals surface area (Å²) in [7, 11) is 3.12. The number of carbonyl (C=O) groups is 1.